The van der Waals surface area contributed by atoms with Gasteiger partial charge < -0.3 is 11.1 Å². The minimum atomic E-state index is -0.699. The van der Waals surface area contributed by atoms with Crippen molar-refractivity contribution in [3.63, 3.8) is 0 Å². The highest BCUT2D eigenvalue weighted by Crippen LogP contribution is 2.67. The first-order valence-electron chi connectivity index (χ1n) is 14.7. The predicted molar refractivity (Wildman–Crippen MR) is 155 cm³/mol. The number of nitrogens with two attached hydrogens (primary N) is 1. The van der Waals surface area contributed by atoms with Gasteiger partial charge in [0.25, 0.3) is 0 Å². The SMILES string of the molecule is CC(=O)/C=C1/[C@@]2(C)C=C(C#N)C(=O)C(C)(C)[C@@H]2CC[C@@]1(C)C(C)(C)CC[C@@]1(NC(N)=O)CCC(C)(C)CC1C. The Hall–Kier alpha value is -2.42. The predicted octanol–water partition coefficient (Wildman–Crippen LogP) is 7.04. The van der Waals surface area contributed by atoms with Gasteiger partial charge in [0.15, 0.2) is 11.6 Å². The quantitative estimate of drug-likeness (QED) is 0.354. The van der Waals surface area contributed by atoms with E-state index in [1.54, 1.807) is 13.0 Å². The van der Waals surface area contributed by atoms with Crippen LogP contribution in [-0.4, -0.2) is 23.1 Å². The van der Waals surface area contributed by atoms with Crippen LogP contribution in [0.2, 0.25) is 0 Å². The van der Waals surface area contributed by atoms with Gasteiger partial charge in [0.2, 0.25) is 0 Å². The summed E-state index contributed by atoms with van der Waals surface area (Å²) in [6, 6.07) is 1.68. The molecule has 0 saturated heterocycles. The lowest BCUT2D eigenvalue weighted by Crippen LogP contribution is -2.59. The van der Waals surface area contributed by atoms with Crippen LogP contribution in [0.5, 0.6) is 0 Å². The summed E-state index contributed by atoms with van der Waals surface area (Å²) in [6.45, 7) is 21.2. The molecular formula is C33H51N3O3. The maximum Gasteiger partial charge on any atom is 0.312 e. The van der Waals surface area contributed by atoms with Crippen molar-refractivity contribution in [2.75, 3.05) is 0 Å². The Morgan fingerprint density at radius 1 is 1.15 bits per heavy atom. The number of amides is 2. The van der Waals surface area contributed by atoms with Gasteiger partial charge in [-0.1, -0.05) is 74.0 Å². The monoisotopic (exact) mass is 537 g/mol. The molecule has 6 heteroatoms. The summed E-state index contributed by atoms with van der Waals surface area (Å²) < 4.78 is 0. The minimum Gasteiger partial charge on any atom is -0.352 e. The number of urea groups is 1. The van der Waals surface area contributed by atoms with E-state index in [0.717, 1.165) is 50.5 Å². The maximum atomic E-state index is 13.2. The average Bonchev–Trinajstić information content (AvgIpc) is 2.79. The molecule has 2 fully saturated rings. The molecule has 216 valence electrons. The molecule has 5 atom stereocenters. The first kappa shape index (κ1) is 31.1. The number of allylic oxidation sites excluding steroid dienone is 4. The van der Waals surface area contributed by atoms with Crippen LogP contribution in [0.15, 0.2) is 23.3 Å². The van der Waals surface area contributed by atoms with Crippen molar-refractivity contribution in [1.29, 1.82) is 5.26 Å². The van der Waals surface area contributed by atoms with Gasteiger partial charge in [-0.25, -0.2) is 4.79 Å². The van der Waals surface area contributed by atoms with Crippen LogP contribution in [0.25, 0.3) is 0 Å². The maximum absolute atomic E-state index is 13.2. The molecular weight excluding hydrogens is 486 g/mol. The minimum absolute atomic E-state index is 0.00690. The third-order valence-corrected chi connectivity index (χ3v) is 11.6. The van der Waals surface area contributed by atoms with E-state index in [-0.39, 0.29) is 50.8 Å². The summed E-state index contributed by atoms with van der Waals surface area (Å²) >= 11 is 0. The summed E-state index contributed by atoms with van der Waals surface area (Å²) in [7, 11) is 0. The van der Waals surface area contributed by atoms with Crippen LogP contribution < -0.4 is 11.1 Å². The Morgan fingerprint density at radius 3 is 2.28 bits per heavy atom. The van der Waals surface area contributed by atoms with Gasteiger partial charge in [-0.05, 0) is 86.0 Å². The molecule has 3 aliphatic carbocycles. The number of carbonyl (C=O) groups excluding carboxylic acids is 3. The number of rotatable bonds is 6. The van der Waals surface area contributed by atoms with Gasteiger partial charge in [0, 0.05) is 16.4 Å². The number of primary amides is 1. The summed E-state index contributed by atoms with van der Waals surface area (Å²) in [6.07, 6.45) is 9.87. The molecule has 3 aliphatic rings. The van der Waals surface area contributed by atoms with E-state index in [9.17, 15) is 19.6 Å². The van der Waals surface area contributed by atoms with Crippen molar-refractivity contribution in [1.82, 2.24) is 5.32 Å². The number of ketones is 2. The smallest absolute Gasteiger partial charge is 0.312 e. The number of nitrogens with one attached hydrogen (secondary N) is 1. The normalized spacial score (nSPS) is 36.9. The Morgan fingerprint density at radius 2 is 1.77 bits per heavy atom. The Bertz CT molecular complexity index is 1150. The first-order chi connectivity index (χ1) is 17.7. The molecule has 2 amide bonds. The molecule has 39 heavy (non-hydrogen) atoms. The highest BCUT2D eigenvalue weighted by atomic mass is 16.2. The lowest BCUT2D eigenvalue weighted by Gasteiger charge is -2.61. The zero-order valence-corrected chi connectivity index (χ0v) is 26.0. The topological polar surface area (TPSA) is 113 Å². The molecule has 0 aromatic carbocycles. The molecule has 6 nitrogen and oxygen atoms in total. The van der Waals surface area contributed by atoms with Crippen LogP contribution in [0.1, 0.15) is 114 Å². The van der Waals surface area contributed by atoms with E-state index in [2.05, 4.69) is 59.9 Å². The summed E-state index contributed by atoms with van der Waals surface area (Å²) in [5.74, 6) is 0.147. The van der Waals surface area contributed by atoms with Gasteiger partial charge in [0.05, 0.1) is 5.57 Å². The van der Waals surface area contributed by atoms with E-state index in [1.807, 2.05) is 19.9 Å². The Kier molecular flexibility index (Phi) is 7.89. The number of fused-ring (bicyclic) bond motifs is 1. The molecule has 0 aromatic heterocycles. The van der Waals surface area contributed by atoms with Crippen molar-refractivity contribution in [3.8, 4) is 6.07 Å². The standard InChI is InChI=1S/C33H51N3O3/c1-21-18-28(3,4)13-15-33(21,36-27(35)39)16-14-29(5,6)32(10)12-11-24-30(7,8)26(38)23(20-34)19-31(24,9)25(32)17-22(2)37/h17,19,21,24H,11-16,18H2,1-10H3,(H3,35,36,39)/b25-17-/t21?,24-,31-,32+,33-/m0/s1. The highest BCUT2D eigenvalue weighted by molar-refractivity contribution is 6.04. The van der Waals surface area contributed by atoms with Crippen molar-refractivity contribution in [2.45, 2.75) is 120 Å². The summed E-state index contributed by atoms with van der Waals surface area (Å²) in [5.41, 5.74) is 4.90. The van der Waals surface area contributed by atoms with Crippen LogP contribution in [0.4, 0.5) is 4.79 Å². The van der Waals surface area contributed by atoms with Crippen molar-refractivity contribution < 1.29 is 14.4 Å². The zero-order chi connectivity index (χ0) is 29.8. The van der Waals surface area contributed by atoms with Crippen LogP contribution in [0, 0.1) is 50.2 Å². The number of carbonyl (C=O) groups is 3. The fourth-order valence-corrected chi connectivity index (χ4v) is 8.72. The second kappa shape index (κ2) is 9.89. The second-order valence-electron chi connectivity index (χ2n) is 15.4. The van der Waals surface area contributed by atoms with Crippen LogP contribution in [-0.2, 0) is 9.59 Å². The summed E-state index contributed by atoms with van der Waals surface area (Å²) in [4.78, 5) is 38.1. The zero-order valence-electron chi connectivity index (χ0n) is 26.0. The largest absolute Gasteiger partial charge is 0.352 e. The molecule has 0 aromatic rings. The van der Waals surface area contributed by atoms with Gasteiger partial charge in [-0.2, -0.15) is 5.26 Å². The van der Waals surface area contributed by atoms with E-state index in [1.165, 1.54) is 0 Å². The lowest BCUT2D eigenvalue weighted by molar-refractivity contribution is -0.131. The Labute approximate surface area is 236 Å². The van der Waals surface area contributed by atoms with Crippen LogP contribution in [0.3, 0.4) is 0 Å². The number of Topliss-reactive ketones (excluding diaryl/α,β-unsaturated/α-hetero) is 1. The van der Waals surface area contributed by atoms with E-state index < -0.39 is 16.9 Å². The van der Waals surface area contributed by atoms with E-state index in [0.29, 0.717) is 0 Å². The fraction of sp³-hybridized carbons (Fsp3) is 0.758. The molecule has 1 unspecified atom stereocenters. The molecule has 0 heterocycles. The van der Waals surface area contributed by atoms with Gasteiger partial charge >= 0.3 is 6.03 Å². The fourth-order valence-electron chi connectivity index (χ4n) is 8.72. The first-order valence-corrected chi connectivity index (χ1v) is 14.7. The second-order valence-corrected chi connectivity index (χ2v) is 15.4. The van der Waals surface area contributed by atoms with Crippen molar-refractivity contribution in [3.05, 3.63) is 23.3 Å². The molecule has 3 rings (SSSR count). The molecule has 0 aliphatic heterocycles. The third-order valence-electron chi connectivity index (χ3n) is 11.6. The summed E-state index contributed by atoms with van der Waals surface area (Å²) in [5, 5.41) is 13.1. The molecule has 2 saturated carbocycles. The van der Waals surface area contributed by atoms with Crippen LogP contribution >= 0.6 is 0 Å². The number of nitrogens with zero attached hydrogens (tertiary/aromatic N) is 1. The van der Waals surface area contributed by atoms with Gasteiger partial charge in [0.1, 0.15) is 6.07 Å². The lowest BCUT2D eigenvalue weighted by atomic mass is 9.42. The Balaban J connectivity index is 2.07. The average molecular weight is 538 g/mol. The van der Waals surface area contributed by atoms with E-state index in [4.69, 9.17) is 5.73 Å². The van der Waals surface area contributed by atoms with Gasteiger partial charge in [-0.3, -0.25) is 9.59 Å². The van der Waals surface area contributed by atoms with E-state index >= 15 is 0 Å². The molecule has 0 radical (unpaired) electrons. The number of nitriles is 1. The van der Waals surface area contributed by atoms with Gasteiger partial charge in [-0.15, -0.1) is 0 Å². The highest BCUT2D eigenvalue weighted by Gasteiger charge is 2.61. The number of hydrogen-bond donors (Lipinski definition) is 2. The molecule has 0 spiro atoms. The third kappa shape index (κ3) is 5.23. The number of hydrogen-bond acceptors (Lipinski definition) is 4. The van der Waals surface area contributed by atoms with Crippen molar-refractivity contribution >= 4 is 17.6 Å². The molecule has 3 N–H and O–H groups in total. The molecule has 0 bridgehead atoms. The van der Waals surface area contributed by atoms with Crippen molar-refractivity contribution in [2.24, 2.45) is 44.6 Å².